The number of ketones is 1. The molecule has 2 aromatic carbocycles. The van der Waals surface area contributed by atoms with Gasteiger partial charge in [-0.3, -0.25) is 14.6 Å². The number of rotatable bonds is 6. The van der Waals surface area contributed by atoms with Gasteiger partial charge in [-0.05, 0) is 62.3 Å². The van der Waals surface area contributed by atoms with Gasteiger partial charge in [0.2, 0.25) is 0 Å². The molecule has 1 aliphatic rings. The highest BCUT2D eigenvalue weighted by molar-refractivity contribution is 6.30. The first kappa shape index (κ1) is 20.4. The Bertz CT molecular complexity index is 1050. The smallest absolute Gasteiger partial charge is 0.271 e. The first-order chi connectivity index (χ1) is 14.6. The van der Waals surface area contributed by atoms with Gasteiger partial charge in [0.05, 0.1) is 17.2 Å². The number of nitrogens with one attached hydrogen (secondary N) is 1. The van der Waals surface area contributed by atoms with E-state index in [1.54, 1.807) is 24.3 Å². The highest BCUT2D eigenvalue weighted by Crippen LogP contribution is 2.22. The Balaban J connectivity index is 1.23. The van der Waals surface area contributed by atoms with E-state index < -0.39 is 0 Å². The molecule has 0 saturated carbocycles. The van der Waals surface area contributed by atoms with Crippen molar-refractivity contribution in [2.75, 3.05) is 26.2 Å². The molecular weight excluding hydrogens is 400 g/mol. The van der Waals surface area contributed by atoms with Crippen molar-refractivity contribution in [3.63, 3.8) is 0 Å². The topological polar surface area (TPSA) is 75.2 Å². The van der Waals surface area contributed by atoms with Crippen molar-refractivity contribution in [2.24, 2.45) is 5.92 Å². The molecule has 0 radical (unpaired) electrons. The summed E-state index contributed by atoms with van der Waals surface area (Å²) in [4.78, 5) is 35.9. The highest BCUT2D eigenvalue weighted by Gasteiger charge is 2.25. The molecule has 1 amide bonds. The van der Waals surface area contributed by atoms with Gasteiger partial charge >= 0.3 is 0 Å². The number of hydrogen-bond acceptors (Lipinski definition) is 5. The van der Waals surface area contributed by atoms with Gasteiger partial charge in [0.25, 0.3) is 5.91 Å². The zero-order valence-corrected chi connectivity index (χ0v) is 17.3. The number of nitrogens with zero attached hydrogens (tertiary/aromatic N) is 3. The van der Waals surface area contributed by atoms with Crippen molar-refractivity contribution < 1.29 is 9.59 Å². The molecule has 154 valence electrons. The number of Topliss-reactive ketones (excluding diaryl/α,β-unsaturated/α-hetero) is 1. The van der Waals surface area contributed by atoms with Crippen LogP contribution in [0.15, 0.2) is 54.7 Å². The Hall–Kier alpha value is -2.83. The monoisotopic (exact) mass is 422 g/mol. The maximum absolute atomic E-state index is 12.6. The molecule has 0 bridgehead atoms. The van der Waals surface area contributed by atoms with E-state index in [1.165, 1.54) is 6.20 Å². The number of piperidine rings is 1. The van der Waals surface area contributed by atoms with Crippen LogP contribution in [0.3, 0.4) is 0 Å². The van der Waals surface area contributed by atoms with Gasteiger partial charge in [-0.2, -0.15) is 0 Å². The van der Waals surface area contributed by atoms with E-state index in [-0.39, 0.29) is 17.6 Å². The van der Waals surface area contributed by atoms with E-state index in [0.29, 0.717) is 22.8 Å². The number of para-hydroxylation sites is 2. The van der Waals surface area contributed by atoms with Crippen LogP contribution in [0.2, 0.25) is 5.02 Å². The van der Waals surface area contributed by atoms with Crippen molar-refractivity contribution in [2.45, 2.75) is 12.8 Å². The summed E-state index contributed by atoms with van der Waals surface area (Å²) in [6, 6.07) is 14.6. The van der Waals surface area contributed by atoms with E-state index in [1.807, 2.05) is 24.3 Å². The van der Waals surface area contributed by atoms with Crippen molar-refractivity contribution >= 4 is 34.3 Å². The second-order valence-electron chi connectivity index (χ2n) is 7.49. The molecule has 1 aromatic heterocycles. The molecule has 1 N–H and O–H groups in total. The molecule has 0 unspecified atom stereocenters. The zero-order valence-electron chi connectivity index (χ0n) is 16.6. The molecule has 6 nitrogen and oxygen atoms in total. The lowest BCUT2D eigenvalue weighted by Gasteiger charge is -2.31. The molecule has 3 aromatic rings. The van der Waals surface area contributed by atoms with Crippen LogP contribution in [0.4, 0.5) is 0 Å². The quantitative estimate of drug-likeness (QED) is 0.614. The average molecular weight is 423 g/mol. The zero-order chi connectivity index (χ0) is 20.9. The summed E-state index contributed by atoms with van der Waals surface area (Å²) in [6.07, 6.45) is 3.16. The minimum absolute atomic E-state index is 0.0462. The second-order valence-corrected chi connectivity index (χ2v) is 7.92. The Morgan fingerprint density at radius 1 is 1.03 bits per heavy atom. The van der Waals surface area contributed by atoms with Crippen LogP contribution in [0.5, 0.6) is 0 Å². The van der Waals surface area contributed by atoms with Crippen LogP contribution >= 0.6 is 11.6 Å². The molecule has 0 aliphatic carbocycles. The number of halogens is 1. The second kappa shape index (κ2) is 9.32. The fraction of sp³-hybridized carbons (Fsp3) is 0.304. The number of aromatic nitrogens is 2. The predicted molar refractivity (Wildman–Crippen MR) is 117 cm³/mol. The van der Waals surface area contributed by atoms with Gasteiger partial charge in [-0.25, -0.2) is 4.98 Å². The van der Waals surface area contributed by atoms with Crippen molar-refractivity contribution in [3.05, 3.63) is 71.0 Å². The maximum Gasteiger partial charge on any atom is 0.271 e. The van der Waals surface area contributed by atoms with E-state index in [9.17, 15) is 9.59 Å². The fourth-order valence-electron chi connectivity index (χ4n) is 3.75. The Labute approximate surface area is 180 Å². The third-order valence-corrected chi connectivity index (χ3v) is 5.73. The number of carbonyl (C=O) groups is 2. The number of carbonyl (C=O) groups excluding carboxylic acids is 2. The standard InChI is InChI=1S/C23H23ClN4O2/c24-18-7-5-16(6-8-18)22(29)17-9-12-28(13-10-17)14-11-25-23(30)21-15-26-19-3-1-2-4-20(19)27-21/h1-8,15,17H,9-14H2,(H,25,30). The van der Waals surface area contributed by atoms with Crippen LogP contribution in [-0.4, -0.2) is 52.7 Å². The molecule has 4 rings (SSSR count). The number of likely N-dealkylation sites (tertiary alicyclic amines) is 1. The molecule has 30 heavy (non-hydrogen) atoms. The lowest BCUT2D eigenvalue weighted by Crippen LogP contribution is -2.41. The molecule has 1 aliphatic heterocycles. The van der Waals surface area contributed by atoms with Gasteiger partial charge in [0.1, 0.15) is 5.69 Å². The summed E-state index contributed by atoms with van der Waals surface area (Å²) in [5.74, 6) is 0.0143. The number of benzene rings is 2. The third kappa shape index (κ3) is 4.83. The first-order valence-electron chi connectivity index (χ1n) is 10.1. The lowest BCUT2D eigenvalue weighted by atomic mass is 9.89. The summed E-state index contributed by atoms with van der Waals surface area (Å²) in [7, 11) is 0. The SMILES string of the molecule is O=C(NCCN1CCC(C(=O)c2ccc(Cl)cc2)CC1)c1cnc2ccccc2n1. The summed E-state index contributed by atoms with van der Waals surface area (Å²) in [6.45, 7) is 2.96. The van der Waals surface area contributed by atoms with Crippen molar-refractivity contribution in [1.82, 2.24) is 20.2 Å². The molecule has 1 fully saturated rings. The first-order valence-corrected chi connectivity index (χ1v) is 10.5. The van der Waals surface area contributed by atoms with Crippen LogP contribution in [0, 0.1) is 5.92 Å². The Morgan fingerprint density at radius 2 is 1.73 bits per heavy atom. The van der Waals surface area contributed by atoms with Crippen LogP contribution in [-0.2, 0) is 0 Å². The number of hydrogen-bond donors (Lipinski definition) is 1. The number of fused-ring (bicyclic) bond motifs is 1. The Morgan fingerprint density at radius 3 is 2.47 bits per heavy atom. The maximum atomic E-state index is 12.6. The molecule has 7 heteroatoms. The third-order valence-electron chi connectivity index (χ3n) is 5.48. The van der Waals surface area contributed by atoms with E-state index in [2.05, 4.69) is 20.2 Å². The van der Waals surface area contributed by atoms with Crippen LogP contribution in [0.25, 0.3) is 11.0 Å². The van der Waals surface area contributed by atoms with E-state index in [4.69, 9.17) is 11.6 Å². The lowest BCUT2D eigenvalue weighted by molar-refractivity contribution is 0.0838. The molecular formula is C23H23ClN4O2. The Kier molecular flexibility index (Phi) is 6.35. The summed E-state index contributed by atoms with van der Waals surface area (Å²) in [5, 5.41) is 3.55. The van der Waals surface area contributed by atoms with E-state index in [0.717, 1.165) is 43.6 Å². The summed E-state index contributed by atoms with van der Waals surface area (Å²) in [5.41, 5.74) is 2.52. The van der Waals surface area contributed by atoms with Crippen LogP contribution < -0.4 is 5.32 Å². The van der Waals surface area contributed by atoms with Crippen molar-refractivity contribution in [3.8, 4) is 0 Å². The van der Waals surface area contributed by atoms with Gasteiger partial charge in [0.15, 0.2) is 5.78 Å². The largest absolute Gasteiger partial charge is 0.349 e. The van der Waals surface area contributed by atoms with E-state index >= 15 is 0 Å². The predicted octanol–water partition coefficient (Wildman–Crippen LogP) is 3.61. The van der Waals surface area contributed by atoms with Crippen LogP contribution in [0.1, 0.15) is 33.7 Å². The van der Waals surface area contributed by atoms with Gasteiger partial charge < -0.3 is 10.2 Å². The van der Waals surface area contributed by atoms with Gasteiger partial charge in [0, 0.05) is 29.6 Å². The molecule has 1 saturated heterocycles. The normalized spacial score (nSPS) is 15.2. The molecule has 0 atom stereocenters. The van der Waals surface area contributed by atoms with Gasteiger partial charge in [-0.1, -0.05) is 23.7 Å². The fourth-order valence-corrected chi connectivity index (χ4v) is 3.88. The minimum Gasteiger partial charge on any atom is -0.349 e. The highest BCUT2D eigenvalue weighted by atomic mass is 35.5. The minimum atomic E-state index is -0.221. The molecule has 0 spiro atoms. The summed E-state index contributed by atoms with van der Waals surface area (Å²) < 4.78 is 0. The van der Waals surface area contributed by atoms with Gasteiger partial charge in [-0.15, -0.1) is 0 Å². The van der Waals surface area contributed by atoms with Crippen molar-refractivity contribution in [1.29, 1.82) is 0 Å². The summed E-state index contributed by atoms with van der Waals surface area (Å²) >= 11 is 5.90. The molecule has 2 heterocycles. The number of amides is 1. The average Bonchev–Trinajstić information content (AvgIpc) is 2.79.